The third-order valence-electron chi connectivity index (χ3n) is 8.78. The average molecular weight is 579 g/mol. The van der Waals surface area contributed by atoms with Crippen LogP contribution in [0.2, 0.25) is 0 Å². The molecule has 2 saturated heterocycles. The molecule has 9 heteroatoms. The fourth-order valence-corrected chi connectivity index (χ4v) is 6.91. The molecule has 1 aliphatic carbocycles. The summed E-state index contributed by atoms with van der Waals surface area (Å²) in [5, 5.41) is 29.3. The van der Waals surface area contributed by atoms with Crippen LogP contribution >= 0.6 is 0 Å². The van der Waals surface area contributed by atoms with Crippen LogP contribution in [-0.2, 0) is 19.1 Å². The lowest BCUT2D eigenvalue weighted by Crippen LogP contribution is -2.36. The van der Waals surface area contributed by atoms with E-state index in [-0.39, 0.29) is 35.0 Å². The lowest BCUT2D eigenvalue weighted by molar-refractivity contribution is -0.122. The molecule has 0 bridgehead atoms. The van der Waals surface area contributed by atoms with Gasteiger partial charge in [0.05, 0.1) is 36.8 Å². The smallest absolute Gasteiger partial charge is 0.488 e. The van der Waals surface area contributed by atoms with E-state index in [0.717, 1.165) is 27.8 Å². The normalized spacial score (nSPS) is 23.5. The number of rotatable bonds is 9. The van der Waals surface area contributed by atoms with Gasteiger partial charge in [-0.3, -0.25) is 14.5 Å². The molecule has 2 heterocycles. The van der Waals surface area contributed by atoms with Gasteiger partial charge in [0.2, 0.25) is 11.8 Å². The number of nitrogens with zero attached hydrogens (tertiary/aromatic N) is 1. The standard InChI is InChI=1S/C34H34BNO7/c1-42-19-24-17-28-32(34(39)36(33(28)38)26-11-6-10-25(18-26)35(40)41)29-20-43-30(31(24)29)14-13-23(22-8-3-2-4-9-22)15-21-7-5-12-27(37)16-21/h2-12,15-16,18,28-30,32,37,40-41H,13-14,17,19-20H2,1H3/b23-15-/t28-,29+,30-,32-/m1/s1. The van der Waals surface area contributed by atoms with Crippen LogP contribution in [0.25, 0.3) is 11.6 Å². The molecule has 8 nitrogen and oxygen atoms in total. The van der Waals surface area contributed by atoms with E-state index in [1.165, 1.54) is 17.0 Å². The molecular weight excluding hydrogens is 545 g/mol. The zero-order valence-corrected chi connectivity index (χ0v) is 23.9. The summed E-state index contributed by atoms with van der Waals surface area (Å²) >= 11 is 0. The Kier molecular flexibility index (Phi) is 8.32. The predicted octanol–water partition coefficient (Wildman–Crippen LogP) is 3.56. The molecule has 220 valence electrons. The van der Waals surface area contributed by atoms with Gasteiger partial charge in [-0.2, -0.15) is 0 Å². The summed E-state index contributed by atoms with van der Waals surface area (Å²) in [6.45, 7) is 0.695. The molecule has 3 aromatic carbocycles. The Morgan fingerprint density at radius 3 is 2.53 bits per heavy atom. The number of ether oxygens (including phenoxy) is 2. The van der Waals surface area contributed by atoms with E-state index in [0.29, 0.717) is 38.2 Å². The highest BCUT2D eigenvalue weighted by Crippen LogP contribution is 2.50. The van der Waals surface area contributed by atoms with Crippen molar-refractivity contribution in [3.63, 3.8) is 0 Å². The Morgan fingerprint density at radius 1 is 1.00 bits per heavy atom. The van der Waals surface area contributed by atoms with Crippen molar-refractivity contribution in [1.29, 1.82) is 0 Å². The maximum absolute atomic E-state index is 13.9. The number of phenolic OH excluding ortho intramolecular Hbond substituents is 1. The number of anilines is 1. The minimum Gasteiger partial charge on any atom is -0.508 e. The maximum atomic E-state index is 13.9. The minimum atomic E-state index is -1.71. The Labute approximate surface area is 251 Å². The molecule has 0 aromatic heterocycles. The number of methoxy groups -OCH3 is 1. The number of carbonyl (C=O) groups is 2. The summed E-state index contributed by atoms with van der Waals surface area (Å²) in [7, 11) is -0.0760. The highest BCUT2D eigenvalue weighted by Gasteiger charge is 2.57. The van der Waals surface area contributed by atoms with E-state index in [2.05, 4.69) is 18.2 Å². The molecule has 43 heavy (non-hydrogen) atoms. The van der Waals surface area contributed by atoms with Gasteiger partial charge >= 0.3 is 7.12 Å². The van der Waals surface area contributed by atoms with Crippen LogP contribution < -0.4 is 10.4 Å². The zero-order chi connectivity index (χ0) is 30.1. The number of benzene rings is 3. The fraction of sp³-hybridized carbons (Fsp3) is 0.294. The Balaban J connectivity index is 1.28. The second-order valence-electron chi connectivity index (χ2n) is 11.4. The number of hydrogen-bond acceptors (Lipinski definition) is 7. The summed E-state index contributed by atoms with van der Waals surface area (Å²) in [6, 6.07) is 23.5. The van der Waals surface area contributed by atoms with Gasteiger partial charge in [0.1, 0.15) is 5.75 Å². The number of aromatic hydroxyl groups is 1. The SMILES string of the molecule is COCC1=C2[C@@H](CC/C(=C/c3cccc(O)c3)c3ccccc3)OC[C@@H]2[C@@H]2C(=O)N(c3cccc(B(O)O)c3)C(=O)[C@@H]2C1. The van der Waals surface area contributed by atoms with Gasteiger partial charge < -0.3 is 24.6 Å². The first-order valence-electron chi connectivity index (χ1n) is 14.6. The molecule has 2 fully saturated rings. The molecule has 0 spiro atoms. The van der Waals surface area contributed by atoms with Crippen molar-refractivity contribution >= 4 is 41.7 Å². The van der Waals surface area contributed by atoms with Crippen molar-refractivity contribution in [2.24, 2.45) is 17.8 Å². The molecule has 4 atom stereocenters. The van der Waals surface area contributed by atoms with Gasteiger partial charge in [0.15, 0.2) is 0 Å². The van der Waals surface area contributed by atoms with E-state index in [1.54, 1.807) is 31.4 Å². The van der Waals surface area contributed by atoms with E-state index >= 15 is 0 Å². The molecule has 2 amide bonds. The molecule has 0 unspecified atom stereocenters. The fourth-order valence-electron chi connectivity index (χ4n) is 6.91. The summed E-state index contributed by atoms with van der Waals surface area (Å²) < 4.78 is 12.0. The summed E-state index contributed by atoms with van der Waals surface area (Å²) in [5.41, 5.74) is 5.71. The van der Waals surface area contributed by atoms with Crippen LogP contribution in [0.3, 0.4) is 0 Å². The average Bonchev–Trinajstić information content (AvgIpc) is 3.54. The number of amides is 2. The lowest BCUT2D eigenvalue weighted by Gasteiger charge is -2.31. The maximum Gasteiger partial charge on any atom is 0.488 e. The van der Waals surface area contributed by atoms with Gasteiger partial charge in [0, 0.05) is 13.0 Å². The molecule has 2 aliphatic heterocycles. The molecule has 3 N–H and O–H groups in total. The quantitative estimate of drug-likeness (QED) is 0.154. The number of fused-ring (bicyclic) bond motifs is 3. The van der Waals surface area contributed by atoms with Crippen LogP contribution in [0.15, 0.2) is 90.0 Å². The van der Waals surface area contributed by atoms with Gasteiger partial charge in [-0.15, -0.1) is 0 Å². The van der Waals surface area contributed by atoms with E-state index in [1.807, 2.05) is 30.3 Å². The summed E-state index contributed by atoms with van der Waals surface area (Å²) in [4.78, 5) is 28.7. The van der Waals surface area contributed by atoms with Gasteiger partial charge in [-0.25, -0.2) is 0 Å². The van der Waals surface area contributed by atoms with Crippen molar-refractivity contribution in [3.8, 4) is 5.75 Å². The molecule has 3 aliphatic rings. The van der Waals surface area contributed by atoms with Crippen LogP contribution in [-0.4, -0.2) is 60.5 Å². The van der Waals surface area contributed by atoms with Crippen LogP contribution in [0, 0.1) is 17.8 Å². The van der Waals surface area contributed by atoms with Crippen LogP contribution in [0.5, 0.6) is 5.75 Å². The predicted molar refractivity (Wildman–Crippen MR) is 164 cm³/mol. The number of allylic oxidation sites excluding steroid dienone is 1. The van der Waals surface area contributed by atoms with Crippen LogP contribution in [0.1, 0.15) is 30.4 Å². The largest absolute Gasteiger partial charge is 0.508 e. The monoisotopic (exact) mass is 579 g/mol. The third kappa shape index (κ3) is 5.69. The second-order valence-corrected chi connectivity index (χ2v) is 11.4. The lowest BCUT2D eigenvalue weighted by atomic mass is 9.69. The van der Waals surface area contributed by atoms with Crippen molar-refractivity contribution < 1.29 is 34.2 Å². The van der Waals surface area contributed by atoms with Crippen LogP contribution in [0.4, 0.5) is 5.69 Å². The number of imide groups is 1. The Hall–Kier alpha value is -4.02. The molecular formula is C34H34BNO7. The highest BCUT2D eigenvalue weighted by atomic mass is 16.5. The minimum absolute atomic E-state index is 0.207. The molecule has 6 rings (SSSR count). The van der Waals surface area contributed by atoms with Gasteiger partial charge in [-0.05, 0) is 76.8 Å². The number of phenols is 1. The second kappa shape index (κ2) is 12.3. The molecule has 0 radical (unpaired) electrons. The molecule has 0 saturated carbocycles. The Bertz CT molecular complexity index is 1580. The first-order valence-corrected chi connectivity index (χ1v) is 14.6. The topological polar surface area (TPSA) is 117 Å². The van der Waals surface area contributed by atoms with E-state index < -0.39 is 19.0 Å². The van der Waals surface area contributed by atoms with Gasteiger partial charge in [0.25, 0.3) is 0 Å². The van der Waals surface area contributed by atoms with Crippen molar-refractivity contribution in [3.05, 3.63) is 101 Å². The highest BCUT2D eigenvalue weighted by molar-refractivity contribution is 6.58. The van der Waals surface area contributed by atoms with Crippen molar-refractivity contribution in [1.82, 2.24) is 0 Å². The number of carbonyl (C=O) groups excluding carboxylic acids is 2. The molecule has 3 aromatic rings. The number of hydrogen-bond donors (Lipinski definition) is 3. The van der Waals surface area contributed by atoms with E-state index in [9.17, 15) is 24.7 Å². The first-order chi connectivity index (χ1) is 20.9. The first kappa shape index (κ1) is 29.1. The summed E-state index contributed by atoms with van der Waals surface area (Å²) in [5.74, 6) is -1.67. The van der Waals surface area contributed by atoms with Crippen molar-refractivity contribution in [2.75, 3.05) is 25.2 Å². The van der Waals surface area contributed by atoms with Crippen molar-refractivity contribution in [2.45, 2.75) is 25.4 Å². The summed E-state index contributed by atoms with van der Waals surface area (Å²) in [6.07, 6.45) is 3.65. The van der Waals surface area contributed by atoms with E-state index in [4.69, 9.17) is 9.47 Å². The van der Waals surface area contributed by atoms with Gasteiger partial charge in [-0.1, -0.05) is 60.7 Å². The Morgan fingerprint density at radius 2 is 1.79 bits per heavy atom. The third-order valence-corrected chi connectivity index (χ3v) is 8.78. The zero-order valence-electron chi connectivity index (χ0n) is 23.9.